The van der Waals surface area contributed by atoms with Gasteiger partial charge in [-0.15, -0.1) is 0 Å². The highest BCUT2D eigenvalue weighted by Crippen LogP contribution is 2.33. The molecular formula is C18H21F2N3O. The molecule has 0 spiro atoms. The van der Waals surface area contributed by atoms with Crippen molar-refractivity contribution in [3.8, 4) is 0 Å². The molecule has 1 unspecified atom stereocenters. The van der Waals surface area contributed by atoms with Crippen molar-refractivity contribution >= 4 is 16.7 Å². The molecule has 1 aliphatic carbocycles. The molecule has 2 aromatic rings. The molecule has 1 aromatic heterocycles. The van der Waals surface area contributed by atoms with Gasteiger partial charge < -0.3 is 15.0 Å². The second kappa shape index (κ2) is 5.92. The first-order chi connectivity index (χ1) is 11.3. The summed E-state index contributed by atoms with van der Waals surface area (Å²) in [6.45, 7) is 6.44. The van der Waals surface area contributed by atoms with E-state index < -0.39 is 17.6 Å². The number of ether oxygens (including phenoxy) is 1. The van der Waals surface area contributed by atoms with Crippen molar-refractivity contribution in [3.63, 3.8) is 0 Å². The van der Waals surface area contributed by atoms with Crippen LogP contribution in [-0.2, 0) is 16.9 Å². The van der Waals surface area contributed by atoms with Crippen LogP contribution in [0.1, 0.15) is 33.0 Å². The average Bonchev–Trinajstić information content (AvgIpc) is 2.89. The molecule has 1 aliphatic rings. The van der Waals surface area contributed by atoms with E-state index in [4.69, 9.17) is 10.5 Å². The summed E-state index contributed by atoms with van der Waals surface area (Å²) in [7, 11) is 0. The lowest BCUT2D eigenvalue weighted by Crippen LogP contribution is -2.26. The van der Waals surface area contributed by atoms with Crippen LogP contribution in [0.5, 0.6) is 0 Å². The molecule has 24 heavy (non-hydrogen) atoms. The van der Waals surface area contributed by atoms with E-state index in [1.807, 2.05) is 43.5 Å². The third-order valence-corrected chi connectivity index (χ3v) is 4.11. The van der Waals surface area contributed by atoms with Crippen molar-refractivity contribution in [1.29, 1.82) is 0 Å². The fourth-order valence-corrected chi connectivity index (χ4v) is 2.96. The van der Waals surface area contributed by atoms with Gasteiger partial charge in [0.1, 0.15) is 11.6 Å². The van der Waals surface area contributed by atoms with Gasteiger partial charge in [0.05, 0.1) is 11.0 Å². The molecule has 0 saturated carbocycles. The van der Waals surface area contributed by atoms with Crippen LogP contribution in [0.3, 0.4) is 0 Å². The Kier molecular flexibility index (Phi) is 4.07. The van der Waals surface area contributed by atoms with Gasteiger partial charge in [-0.25, -0.2) is 13.8 Å². The number of aromatic nitrogens is 2. The SMILES string of the molecule is CCn1c(C(C)(C)OC2=CCC(F)C(F)=C2)nc2cc(N)ccc21. The van der Waals surface area contributed by atoms with E-state index >= 15 is 0 Å². The smallest absolute Gasteiger partial charge is 0.161 e. The van der Waals surface area contributed by atoms with Crippen molar-refractivity contribution in [3.05, 3.63) is 47.8 Å². The first kappa shape index (κ1) is 16.5. The Morgan fingerprint density at radius 3 is 2.83 bits per heavy atom. The van der Waals surface area contributed by atoms with Crippen LogP contribution in [0.4, 0.5) is 14.5 Å². The second-order valence-corrected chi connectivity index (χ2v) is 6.38. The number of nitrogen functional groups attached to an aromatic ring is 1. The summed E-state index contributed by atoms with van der Waals surface area (Å²) in [6.07, 6.45) is 1.07. The number of rotatable bonds is 4. The van der Waals surface area contributed by atoms with E-state index in [2.05, 4.69) is 4.98 Å². The Bertz CT molecular complexity index is 836. The molecule has 2 N–H and O–H groups in total. The quantitative estimate of drug-likeness (QED) is 0.845. The highest BCUT2D eigenvalue weighted by atomic mass is 19.2. The normalized spacial score (nSPS) is 18.5. The molecule has 128 valence electrons. The minimum Gasteiger partial charge on any atom is -0.480 e. The molecule has 0 aliphatic heterocycles. The molecule has 0 saturated heterocycles. The van der Waals surface area contributed by atoms with Crippen molar-refractivity contribution in [2.75, 3.05) is 5.73 Å². The van der Waals surface area contributed by atoms with Crippen molar-refractivity contribution in [2.24, 2.45) is 0 Å². The highest BCUT2D eigenvalue weighted by molar-refractivity contribution is 5.79. The minimum absolute atomic E-state index is 0.0194. The lowest BCUT2D eigenvalue weighted by molar-refractivity contribution is 0.0258. The molecule has 6 heteroatoms. The Morgan fingerprint density at radius 1 is 1.42 bits per heavy atom. The number of imidazole rings is 1. The number of hydrogen-bond donors (Lipinski definition) is 1. The summed E-state index contributed by atoms with van der Waals surface area (Å²) in [5, 5.41) is 0. The van der Waals surface area contributed by atoms with E-state index in [1.165, 1.54) is 0 Å². The predicted octanol–water partition coefficient (Wildman–Crippen LogP) is 4.37. The largest absolute Gasteiger partial charge is 0.480 e. The lowest BCUT2D eigenvalue weighted by atomic mass is 10.1. The summed E-state index contributed by atoms with van der Waals surface area (Å²) in [5.41, 5.74) is 7.41. The molecule has 1 heterocycles. The van der Waals surface area contributed by atoms with Gasteiger partial charge in [0.25, 0.3) is 0 Å². The number of allylic oxidation sites excluding steroid dienone is 3. The van der Waals surface area contributed by atoms with Crippen LogP contribution >= 0.6 is 0 Å². The Morgan fingerprint density at radius 2 is 2.17 bits per heavy atom. The van der Waals surface area contributed by atoms with E-state index in [0.29, 0.717) is 23.8 Å². The number of hydrogen-bond acceptors (Lipinski definition) is 3. The van der Waals surface area contributed by atoms with Gasteiger partial charge in [-0.1, -0.05) is 0 Å². The number of alkyl halides is 1. The topological polar surface area (TPSA) is 53.1 Å². The average molecular weight is 333 g/mol. The highest BCUT2D eigenvalue weighted by Gasteiger charge is 2.31. The first-order valence-corrected chi connectivity index (χ1v) is 7.98. The molecule has 1 aromatic carbocycles. The number of aryl methyl sites for hydroxylation is 1. The van der Waals surface area contributed by atoms with Gasteiger partial charge in [0, 0.05) is 24.7 Å². The molecule has 1 atom stereocenters. The molecular weight excluding hydrogens is 312 g/mol. The van der Waals surface area contributed by atoms with Gasteiger partial charge >= 0.3 is 0 Å². The Labute approximate surface area is 139 Å². The summed E-state index contributed by atoms with van der Waals surface area (Å²) in [6, 6.07) is 5.57. The maximum Gasteiger partial charge on any atom is 0.161 e. The molecule has 0 radical (unpaired) electrons. The number of nitrogens with zero attached hydrogens (tertiary/aromatic N) is 2. The maximum atomic E-state index is 13.5. The number of fused-ring (bicyclic) bond motifs is 1. The van der Waals surface area contributed by atoms with Gasteiger partial charge in [-0.3, -0.25) is 0 Å². The van der Waals surface area contributed by atoms with Gasteiger partial charge in [-0.05, 0) is 45.0 Å². The second-order valence-electron chi connectivity index (χ2n) is 6.38. The third-order valence-electron chi connectivity index (χ3n) is 4.11. The van der Waals surface area contributed by atoms with E-state index in [0.717, 1.165) is 17.1 Å². The summed E-state index contributed by atoms with van der Waals surface area (Å²) in [4.78, 5) is 4.66. The van der Waals surface area contributed by atoms with Crippen molar-refractivity contribution < 1.29 is 13.5 Å². The Balaban J connectivity index is 1.99. The Hall–Kier alpha value is -2.37. The third kappa shape index (κ3) is 2.88. The van der Waals surface area contributed by atoms with Gasteiger partial charge in [0.15, 0.2) is 17.6 Å². The van der Waals surface area contributed by atoms with Crippen molar-refractivity contribution in [1.82, 2.24) is 9.55 Å². The summed E-state index contributed by atoms with van der Waals surface area (Å²) >= 11 is 0. The van der Waals surface area contributed by atoms with E-state index in [9.17, 15) is 8.78 Å². The van der Waals surface area contributed by atoms with Crippen LogP contribution in [0.2, 0.25) is 0 Å². The lowest BCUT2D eigenvalue weighted by Gasteiger charge is -2.28. The van der Waals surface area contributed by atoms with Crippen molar-refractivity contribution in [2.45, 2.75) is 45.5 Å². The maximum absolute atomic E-state index is 13.5. The molecule has 0 amide bonds. The molecule has 0 bridgehead atoms. The van der Waals surface area contributed by atoms with Gasteiger partial charge in [0.2, 0.25) is 0 Å². The van der Waals surface area contributed by atoms with Crippen LogP contribution < -0.4 is 5.73 Å². The fourth-order valence-electron chi connectivity index (χ4n) is 2.96. The fraction of sp³-hybridized carbons (Fsp3) is 0.389. The minimum atomic E-state index is -1.58. The molecule has 3 rings (SSSR count). The number of anilines is 1. The van der Waals surface area contributed by atoms with Crippen LogP contribution in [0, 0.1) is 0 Å². The zero-order chi connectivity index (χ0) is 17.5. The van der Waals surface area contributed by atoms with E-state index in [-0.39, 0.29) is 6.42 Å². The molecule has 0 fully saturated rings. The van der Waals surface area contributed by atoms with Crippen LogP contribution in [0.15, 0.2) is 41.9 Å². The molecule has 4 nitrogen and oxygen atoms in total. The number of benzene rings is 1. The summed E-state index contributed by atoms with van der Waals surface area (Å²) < 4.78 is 34.7. The van der Waals surface area contributed by atoms with Gasteiger partial charge in [-0.2, -0.15) is 0 Å². The zero-order valence-corrected chi connectivity index (χ0v) is 14.0. The monoisotopic (exact) mass is 333 g/mol. The van der Waals surface area contributed by atoms with E-state index in [1.54, 1.807) is 6.08 Å². The van der Waals surface area contributed by atoms with Crippen LogP contribution in [0.25, 0.3) is 11.0 Å². The number of nitrogens with two attached hydrogens (primary N) is 1. The van der Waals surface area contributed by atoms with Crippen LogP contribution in [-0.4, -0.2) is 15.7 Å². The number of halogens is 2. The summed E-state index contributed by atoms with van der Waals surface area (Å²) in [5.74, 6) is 0.225. The first-order valence-electron chi connectivity index (χ1n) is 7.98. The predicted molar refractivity (Wildman–Crippen MR) is 90.7 cm³/mol. The standard InChI is InChI=1S/C18H21F2N3O/c1-4-23-16-8-5-11(21)9-15(16)22-17(23)18(2,3)24-12-6-7-13(19)14(20)10-12/h5-6,8-10,13H,4,7,21H2,1-3H3. The zero-order valence-electron chi connectivity index (χ0n) is 14.0.